The minimum Gasteiger partial charge on any atom is -0.352 e. The fourth-order valence-electron chi connectivity index (χ4n) is 5.13. The lowest BCUT2D eigenvalue weighted by atomic mass is 9.94. The molecule has 41 heavy (non-hydrogen) atoms. The number of halogens is 2. The number of carbonyl (C=O) groups is 2. The van der Waals surface area contributed by atoms with Crippen LogP contribution in [0.25, 0.3) is 0 Å². The van der Waals surface area contributed by atoms with Crippen LogP contribution in [0.3, 0.4) is 0 Å². The SMILES string of the molecule is CS(=O)(=O)N(CC(=O)N(Cc1ccccc1F)C(Cc1ccccc1)C(=O)NC1CCCCC1)c1ccc(F)cc1. The summed E-state index contributed by atoms with van der Waals surface area (Å²) in [5.41, 5.74) is 1.08. The molecule has 0 saturated heterocycles. The number of hydrogen-bond donors (Lipinski definition) is 1. The predicted molar refractivity (Wildman–Crippen MR) is 154 cm³/mol. The summed E-state index contributed by atoms with van der Waals surface area (Å²) in [6.07, 6.45) is 5.84. The molecule has 218 valence electrons. The third-order valence-corrected chi connectivity index (χ3v) is 8.46. The fraction of sp³-hybridized carbons (Fsp3) is 0.355. The van der Waals surface area contributed by atoms with Crippen molar-refractivity contribution in [2.75, 3.05) is 17.1 Å². The maximum Gasteiger partial charge on any atom is 0.244 e. The Morgan fingerprint density at radius 2 is 1.54 bits per heavy atom. The number of sulfonamides is 1. The van der Waals surface area contributed by atoms with Crippen LogP contribution in [0.5, 0.6) is 0 Å². The molecule has 1 atom stereocenters. The lowest BCUT2D eigenvalue weighted by Gasteiger charge is -2.35. The zero-order valence-corrected chi connectivity index (χ0v) is 23.8. The first-order chi connectivity index (χ1) is 19.6. The zero-order chi connectivity index (χ0) is 29.4. The number of hydrogen-bond acceptors (Lipinski definition) is 4. The van der Waals surface area contributed by atoms with E-state index in [-0.39, 0.29) is 36.2 Å². The number of nitrogens with zero attached hydrogens (tertiary/aromatic N) is 2. The van der Waals surface area contributed by atoms with Crippen LogP contribution < -0.4 is 9.62 Å². The molecule has 0 bridgehead atoms. The molecule has 3 aromatic carbocycles. The van der Waals surface area contributed by atoms with Gasteiger partial charge in [0.05, 0.1) is 11.9 Å². The van der Waals surface area contributed by atoms with Gasteiger partial charge in [0.25, 0.3) is 0 Å². The molecule has 0 aromatic heterocycles. The van der Waals surface area contributed by atoms with Crippen LogP contribution in [0.15, 0.2) is 78.9 Å². The average Bonchev–Trinajstić information content (AvgIpc) is 2.95. The molecular weight excluding hydrogens is 548 g/mol. The maximum absolute atomic E-state index is 14.9. The molecular formula is C31H35F2N3O4S. The molecule has 1 saturated carbocycles. The van der Waals surface area contributed by atoms with Crippen molar-refractivity contribution in [2.24, 2.45) is 0 Å². The molecule has 4 rings (SSSR count). The van der Waals surface area contributed by atoms with Gasteiger partial charge in [0.2, 0.25) is 21.8 Å². The minimum absolute atomic E-state index is 0.0355. The Hall–Kier alpha value is -3.79. The van der Waals surface area contributed by atoms with Gasteiger partial charge in [0.15, 0.2) is 0 Å². The lowest BCUT2D eigenvalue weighted by Crippen LogP contribution is -2.55. The second-order valence-electron chi connectivity index (χ2n) is 10.4. The summed E-state index contributed by atoms with van der Waals surface area (Å²) in [4.78, 5) is 29.1. The third kappa shape index (κ3) is 8.36. The van der Waals surface area contributed by atoms with E-state index in [1.54, 1.807) is 6.07 Å². The summed E-state index contributed by atoms with van der Waals surface area (Å²) in [5, 5.41) is 3.10. The fourth-order valence-corrected chi connectivity index (χ4v) is 5.98. The number of rotatable bonds is 11. The van der Waals surface area contributed by atoms with E-state index in [2.05, 4.69) is 5.32 Å². The van der Waals surface area contributed by atoms with E-state index in [0.717, 1.165) is 60.4 Å². The summed E-state index contributed by atoms with van der Waals surface area (Å²) in [7, 11) is -3.98. The Kier molecular flexibility index (Phi) is 10.1. The molecule has 1 unspecified atom stereocenters. The van der Waals surface area contributed by atoms with Crippen molar-refractivity contribution in [1.82, 2.24) is 10.2 Å². The van der Waals surface area contributed by atoms with Crippen molar-refractivity contribution < 1.29 is 26.8 Å². The van der Waals surface area contributed by atoms with Crippen LogP contribution >= 0.6 is 0 Å². The van der Waals surface area contributed by atoms with Gasteiger partial charge in [-0.3, -0.25) is 13.9 Å². The smallest absolute Gasteiger partial charge is 0.244 e. The topological polar surface area (TPSA) is 86.8 Å². The quantitative estimate of drug-likeness (QED) is 0.351. The highest BCUT2D eigenvalue weighted by Gasteiger charge is 2.34. The predicted octanol–water partition coefficient (Wildman–Crippen LogP) is 4.82. The van der Waals surface area contributed by atoms with E-state index in [9.17, 15) is 26.8 Å². The highest BCUT2D eigenvalue weighted by atomic mass is 32.2. The summed E-state index contributed by atoms with van der Waals surface area (Å²) < 4.78 is 54.8. The van der Waals surface area contributed by atoms with Crippen molar-refractivity contribution in [3.05, 3.63) is 102 Å². The van der Waals surface area contributed by atoms with Crippen LogP contribution in [0.1, 0.15) is 43.2 Å². The monoisotopic (exact) mass is 583 g/mol. The van der Waals surface area contributed by atoms with Gasteiger partial charge in [-0.15, -0.1) is 0 Å². The Labute approximate surface area is 240 Å². The highest BCUT2D eigenvalue weighted by Crippen LogP contribution is 2.23. The van der Waals surface area contributed by atoms with Crippen molar-refractivity contribution in [1.29, 1.82) is 0 Å². The summed E-state index contributed by atoms with van der Waals surface area (Å²) >= 11 is 0. The first-order valence-electron chi connectivity index (χ1n) is 13.7. The van der Waals surface area contributed by atoms with E-state index in [0.29, 0.717) is 0 Å². The number of amides is 2. The van der Waals surface area contributed by atoms with Gasteiger partial charge in [-0.05, 0) is 48.7 Å². The maximum atomic E-state index is 14.9. The van der Waals surface area contributed by atoms with Crippen molar-refractivity contribution >= 4 is 27.5 Å². The number of anilines is 1. The van der Waals surface area contributed by atoms with Gasteiger partial charge in [-0.2, -0.15) is 0 Å². The molecule has 2 amide bonds. The standard InChI is InChI=1S/C31H35F2N3O4S/c1-41(39,40)36(27-18-16-25(32)17-19-27)22-30(37)35(21-24-12-8-9-15-28(24)33)29(20-23-10-4-2-5-11-23)31(38)34-26-13-6-3-7-14-26/h2,4-5,8-12,15-19,26,29H,3,6-7,13-14,20-22H2,1H3,(H,34,38). The average molecular weight is 584 g/mol. The van der Waals surface area contributed by atoms with Gasteiger partial charge in [0, 0.05) is 24.6 Å². The molecule has 7 nitrogen and oxygen atoms in total. The van der Waals surface area contributed by atoms with Crippen molar-refractivity contribution in [2.45, 2.75) is 57.2 Å². The first-order valence-corrected chi connectivity index (χ1v) is 15.6. The molecule has 1 aliphatic rings. The molecule has 0 radical (unpaired) electrons. The van der Waals surface area contributed by atoms with Crippen LogP contribution in [-0.2, 0) is 32.6 Å². The van der Waals surface area contributed by atoms with Crippen molar-refractivity contribution in [3.63, 3.8) is 0 Å². The van der Waals surface area contributed by atoms with Gasteiger partial charge in [-0.1, -0.05) is 67.8 Å². The molecule has 1 N–H and O–H groups in total. The first kappa shape index (κ1) is 30.2. The number of nitrogens with one attached hydrogen (secondary N) is 1. The summed E-state index contributed by atoms with van der Waals surface area (Å²) in [5.74, 6) is -2.17. The second kappa shape index (κ2) is 13.7. The third-order valence-electron chi connectivity index (χ3n) is 7.31. The Balaban J connectivity index is 1.72. The largest absolute Gasteiger partial charge is 0.352 e. The highest BCUT2D eigenvalue weighted by molar-refractivity contribution is 7.92. The normalized spacial score (nSPS) is 14.7. The van der Waals surface area contributed by atoms with E-state index < -0.39 is 40.2 Å². The van der Waals surface area contributed by atoms with E-state index in [1.165, 1.54) is 35.2 Å². The molecule has 0 heterocycles. The molecule has 0 spiro atoms. The Morgan fingerprint density at radius 1 is 0.902 bits per heavy atom. The second-order valence-corrected chi connectivity index (χ2v) is 12.3. The van der Waals surface area contributed by atoms with Crippen LogP contribution in [0, 0.1) is 11.6 Å². The molecule has 10 heteroatoms. The van der Waals surface area contributed by atoms with Crippen molar-refractivity contribution in [3.8, 4) is 0 Å². The van der Waals surface area contributed by atoms with Crippen LogP contribution in [-0.4, -0.2) is 50.0 Å². The van der Waals surface area contributed by atoms with Gasteiger partial charge < -0.3 is 10.2 Å². The van der Waals surface area contributed by atoms with Crippen LogP contribution in [0.2, 0.25) is 0 Å². The van der Waals surface area contributed by atoms with E-state index in [1.807, 2.05) is 30.3 Å². The minimum atomic E-state index is -3.98. The Bertz CT molecular complexity index is 1430. The number of carbonyl (C=O) groups excluding carboxylic acids is 2. The van der Waals surface area contributed by atoms with Gasteiger partial charge in [0.1, 0.15) is 24.2 Å². The van der Waals surface area contributed by atoms with E-state index >= 15 is 0 Å². The van der Waals surface area contributed by atoms with Crippen LogP contribution in [0.4, 0.5) is 14.5 Å². The molecule has 3 aromatic rings. The molecule has 1 aliphatic carbocycles. The summed E-state index contributed by atoms with van der Waals surface area (Å²) in [6, 6.07) is 18.8. The zero-order valence-electron chi connectivity index (χ0n) is 23.0. The van der Waals surface area contributed by atoms with Gasteiger partial charge >= 0.3 is 0 Å². The van der Waals surface area contributed by atoms with Gasteiger partial charge in [-0.25, -0.2) is 17.2 Å². The summed E-state index contributed by atoms with van der Waals surface area (Å²) in [6.45, 7) is -0.900. The lowest BCUT2D eigenvalue weighted by molar-refractivity contribution is -0.140. The van der Waals surface area contributed by atoms with E-state index in [4.69, 9.17) is 0 Å². The molecule has 1 fully saturated rings. The Morgan fingerprint density at radius 3 is 2.17 bits per heavy atom. The number of benzene rings is 3. The molecule has 0 aliphatic heterocycles.